The zero-order chi connectivity index (χ0) is 8.15. The topological polar surface area (TPSA) is 71.4 Å². The Morgan fingerprint density at radius 1 is 1.20 bits per heavy atom. The van der Waals surface area contributed by atoms with Crippen molar-refractivity contribution in [2.75, 3.05) is 0 Å². The van der Waals surface area contributed by atoms with Gasteiger partial charge in [0.1, 0.15) is 0 Å². The molecule has 4 nitrogen and oxygen atoms in total. The van der Waals surface area contributed by atoms with Gasteiger partial charge in [0.15, 0.2) is 5.78 Å². The quantitative estimate of drug-likeness (QED) is 0.437. The summed E-state index contributed by atoms with van der Waals surface area (Å²) in [7, 11) is 0. The molecule has 0 atom stereocenters. The van der Waals surface area contributed by atoms with Crippen LogP contribution in [0.2, 0.25) is 0 Å². The number of ketones is 2. The molecule has 0 spiro atoms. The van der Waals surface area contributed by atoms with E-state index in [0.29, 0.717) is 6.08 Å². The molecule has 4 heteroatoms. The highest BCUT2D eigenvalue weighted by Gasteiger charge is 2.01. The van der Waals surface area contributed by atoms with Crippen molar-refractivity contribution < 1.29 is 19.5 Å². The number of carbonyl (C=O) groups excluding carboxylic acids is 2. The number of hydrogen-bond acceptors (Lipinski definition) is 3. The fourth-order valence-corrected chi connectivity index (χ4v) is 0.264. The Kier molecular flexibility index (Phi) is 3.04. The van der Waals surface area contributed by atoms with Gasteiger partial charge < -0.3 is 5.11 Å². The van der Waals surface area contributed by atoms with E-state index in [1.54, 1.807) is 0 Å². The highest BCUT2D eigenvalue weighted by molar-refractivity contribution is 6.41. The van der Waals surface area contributed by atoms with Crippen molar-refractivity contribution >= 4 is 17.5 Å². The maximum absolute atomic E-state index is 10.3. The summed E-state index contributed by atoms with van der Waals surface area (Å²) in [6, 6.07) is 0. The van der Waals surface area contributed by atoms with Crippen molar-refractivity contribution in [3.63, 3.8) is 0 Å². The highest BCUT2D eigenvalue weighted by Crippen LogP contribution is 1.78. The fourth-order valence-electron chi connectivity index (χ4n) is 0.264. The Morgan fingerprint density at radius 2 is 1.70 bits per heavy atom. The van der Waals surface area contributed by atoms with Gasteiger partial charge >= 0.3 is 5.97 Å². The Hall–Kier alpha value is -1.45. The van der Waals surface area contributed by atoms with E-state index in [-0.39, 0.29) is 0 Å². The first-order chi connectivity index (χ1) is 4.54. The number of aliphatic carboxylic acids is 1. The third kappa shape index (κ3) is 3.54. The molecule has 0 aliphatic carbocycles. The van der Waals surface area contributed by atoms with E-state index in [2.05, 4.69) is 0 Å². The summed E-state index contributed by atoms with van der Waals surface area (Å²) < 4.78 is 0. The van der Waals surface area contributed by atoms with Gasteiger partial charge in [-0.2, -0.15) is 0 Å². The first-order valence-electron chi connectivity index (χ1n) is 2.50. The third-order valence-corrected chi connectivity index (χ3v) is 0.724. The van der Waals surface area contributed by atoms with Gasteiger partial charge in [-0.25, -0.2) is 4.79 Å². The van der Waals surface area contributed by atoms with E-state index < -0.39 is 17.5 Å². The molecule has 0 radical (unpaired) electrons. The predicted octanol–water partition coefficient (Wildman–Crippen LogP) is -0.215. The standard InChI is InChI=1S/C6H6O4/c1-4(7)5(8)2-3-6(9)10/h2-3H,1H3,(H,9,10)/b3-2-. The second-order valence-electron chi connectivity index (χ2n) is 1.59. The number of allylic oxidation sites excluding steroid dienone is 1. The first kappa shape index (κ1) is 8.55. The van der Waals surface area contributed by atoms with Gasteiger partial charge in [-0.3, -0.25) is 9.59 Å². The van der Waals surface area contributed by atoms with Crippen molar-refractivity contribution in [2.24, 2.45) is 0 Å². The zero-order valence-corrected chi connectivity index (χ0v) is 5.33. The van der Waals surface area contributed by atoms with E-state index in [9.17, 15) is 14.4 Å². The fraction of sp³-hybridized carbons (Fsp3) is 0.167. The average molecular weight is 142 g/mol. The molecular weight excluding hydrogens is 136 g/mol. The van der Waals surface area contributed by atoms with Crippen LogP contribution in [0.3, 0.4) is 0 Å². The van der Waals surface area contributed by atoms with Gasteiger partial charge in [0.05, 0.1) is 0 Å². The molecular formula is C6H6O4. The largest absolute Gasteiger partial charge is 0.478 e. The normalized spacial score (nSPS) is 9.70. The third-order valence-electron chi connectivity index (χ3n) is 0.724. The molecule has 0 bridgehead atoms. The van der Waals surface area contributed by atoms with Crippen LogP contribution in [-0.4, -0.2) is 22.6 Å². The van der Waals surface area contributed by atoms with Gasteiger partial charge in [0, 0.05) is 13.0 Å². The Balaban J connectivity index is 4.03. The second-order valence-corrected chi connectivity index (χ2v) is 1.59. The van der Waals surface area contributed by atoms with E-state index >= 15 is 0 Å². The van der Waals surface area contributed by atoms with Gasteiger partial charge in [-0.15, -0.1) is 0 Å². The molecule has 0 aromatic carbocycles. The summed E-state index contributed by atoms with van der Waals surface area (Å²) in [5.74, 6) is -2.71. The number of carboxylic acids is 1. The second kappa shape index (κ2) is 3.55. The number of hydrogen-bond donors (Lipinski definition) is 1. The number of rotatable bonds is 3. The number of carbonyl (C=O) groups is 3. The van der Waals surface area contributed by atoms with Gasteiger partial charge in [0.25, 0.3) is 0 Å². The average Bonchev–Trinajstić information content (AvgIpc) is 1.82. The molecule has 0 saturated carbocycles. The molecule has 0 saturated heterocycles. The predicted molar refractivity (Wildman–Crippen MR) is 32.5 cm³/mol. The molecule has 0 amide bonds. The molecule has 54 valence electrons. The number of carboxylic acid groups (broad SMARTS) is 1. The van der Waals surface area contributed by atoms with E-state index in [4.69, 9.17) is 5.11 Å². The smallest absolute Gasteiger partial charge is 0.328 e. The molecule has 0 rings (SSSR count). The van der Waals surface area contributed by atoms with Crippen LogP contribution < -0.4 is 0 Å². The van der Waals surface area contributed by atoms with Gasteiger partial charge in [-0.1, -0.05) is 0 Å². The minimum atomic E-state index is -1.24. The number of Topliss-reactive ketones (excluding diaryl/α,β-unsaturated/α-hetero) is 1. The lowest BCUT2D eigenvalue weighted by atomic mass is 10.3. The van der Waals surface area contributed by atoms with Crippen molar-refractivity contribution in [3.05, 3.63) is 12.2 Å². The lowest BCUT2D eigenvalue weighted by Gasteiger charge is -1.80. The van der Waals surface area contributed by atoms with E-state index in [0.717, 1.165) is 13.0 Å². The molecule has 0 aliphatic rings. The van der Waals surface area contributed by atoms with Crippen LogP contribution in [0.1, 0.15) is 6.92 Å². The van der Waals surface area contributed by atoms with Crippen LogP contribution in [0.4, 0.5) is 0 Å². The van der Waals surface area contributed by atoms with Gasteiger partial charge in [0.2, 0.25) is 5.78 Å². The molecule has 1 N–H and O–H groups in total. The summed E-state index contributed by atoms with van der Waals surface area (Å²) in [5.41, 5.74) is 0. The summed E-state index contributed by atoms with van der Waals surface area (Å²) in [6.07, 6.45) is 1.36. The van der Waals surface area contributed by atoms with Crippen molar-refractivity contribution in [3.8, 4) is 0 Å². The van der Waals surface area contributed by atoms with Crippen molar-refractivity contribution in [2.45, 2.75) is 6.92 Å². The van der Waals surface area contributed by atoms with Crippen LogP contribution in [0, 0.1) is 0 Å². The zero-order valence-electron chi connectivity index (χ0n) is 5.33. The summed E-state index contributed by atoms with van der Waals surface area (Å²) in [5, 5.41) is 7.99. The van der Waals surface area contributed by atoms with Crippen molar-refractivity contribution in [1.29, 1.82) is 0 Å². The molecule has 0 heterocycles. The summed E-state index contributed by atoms with van der Waals surface area (Å²) >= 11 is 0. The molecule has 0 unspecified atom stereocenters. The Morgan fingerprint density at radius 3 is 2.00 bits per heavy atom. The highest BCUT2D eigenvalue weighted by atomic mass is 16.4. The lowest BCUT2D eigenvalue weighted by Crippen LogP contribution is -2.05. The molecule has 10 heavy (non-hydrogen) atoms. The van der Waals surface area contributed by atoms with Crippen LogP contribution in [0.5, 0.6) is 0 Å². The summed E-state index contributed by atoms with van der Waals surface area (Å²) in [4.78, 5) is 30.3. The minimum absolute atomic E-state index is 0.629. The lowest BCUT2D eigenvalue weighted by molar-refractivity contribution is -0.133. The molecule has 0 aliphatic heterocycles. The maximum atomic E-state index is 10.3. The molecule has 0 aromatic heterocycles. The van der Waals surface area contributed by atoms with Crippen molar-refractivity contribution in [1.82, 2.24) is 0 Å². The van der Waals surface area contributed by atoms with Crippen LogP contribution in [-0.2, 0) is 14.4 Å². The Bertz CT molecular complexity index is 202. The van der Waals surface area contributed by atoms with E-state index in [1.807, 2.05) is 0 Å². The van der Waals surface area contributed by atoms with Crippen LogP contribution in [0.15, 0.2) is 12.2 Å². The monoisotopic (exact) mass is 142 g/mol. The minimum Gasteiger partial charge on any atom is -0.478 e. The maximum Gasteiger partial charge on any atom is 0.328 e. The van der Waals surface area contributed by atoms with Gasteiger partial charge in [-0.05, 0) is 6.08 Å². The van der Waals surface area contributed by atoms with Crippen LogP contribution in [0.25, 0.3) is 0 Å². The van der Waals surface area contributed by atoms with Crippen LogP contribution >= 0.6 is 0 Å². The SMILES string of the molecule is CC(=O)C(=O)/C=C\C(=O)O. The van der Waals surface area contributed by atoms with E-state index in [1.165, 1.54) is 0 Å². The Labute approximate surface area is 57.2 Å². The molecule has 0 fully saturated rings. The first-order valence-corrected chi connectivity index (χ1v) is 2.50. The summed E-state index contributed by atoms with van der Waals surface area (Å²) in [6.45, 7) is 1.08. The molecule has 0 aromatic rings.